The lowest BCUT2D eigenvalue weighted by Crippen LogP contribution is -2.12. The maximum atomic E-state index is 5.66. The maximum absolute atomic E-state index is 5.66. The summed E-state index contributed by atoms with van der Waals surface area (Å²) in [6, 6.07) is 15.5. The van der Waals surface area contributed by atoms with E-state index in [0.717, 1.165) is 22.8 Å². The molecule has 4 nitrogen and oxygen atoms in total. The second kappa shape index (κ2) is 9.74. The topological polar surface area (TPSA) is 36.9 Å². The van der Waals surface area contributed by atoms with Crippen molar-refractivity contribution < 1.29 is 18.9 Å². The molecule has 0 unspecified atom stereocenters. The second-order valence-electron chi connectivity index (χ2n) is 4.98. The highest BCUT2D eigenvalue weighted by molar-refractivity contribution is 5.32. The minimum Gasteiger partial charge on any atom is -0.494 e. The van der Waals surface area contributed by atoms with E-state index in [4.69, 9.17) is 18.9 Å². The minimum atomic E-state index is 0.512. The fraction of sp³-hybridized carbons (Fsp3) is 0.368. The zero-order valence-corrected chi connectivity index (χ0v) is 13.8. The first-order valence-electron chi connectivity index (χ1n) is 7.91. The van der Waals surface area contributed by atoms with Crippen LogP contribution in [0, 0.1) is 6.92 Å². The Kier molecular flexibility index (Phi) is 7.27. The van der Waals surface area contributed by atoms with Crippen LogP contribution >= 0.6 is 0 Å². The first kappa shape index (κ1) is 17.2. The zero-order valence-electron chi connectivity index (χ0n) is 13.8. The smallest absolute Gasteiger partial charge is 0.122 e. The number of benzene rings is 2. The number of hydrogen-bond acceptors (Lipinski definition) is 4. The van der Waals surface area contributed by atoms with Gasteiger partial charge in [-0.05, 0) is 49.7 Å². The van der Waals surface area contributed by atoms with Crippen molar-refractivity contribution in [2.24, 2.45) is 0 Å². The first-order chi connectivity index (χ1) is 11.3. The summed E-state index contributed by atoms with van der Waals surface area (Å²) in [5.74, 6) is 2.57. The van der Waals surface area contributed by atoms with Crippen molar-refractivity contribution >= 4 is 0 Å². The van der Waals surface area contributed by atoms with Gasteiger partial charge < -0.3 is 18.9 Å². The minimum absolute atomic E-state index is 0.512. The Labute approximate surface area is 137 Å². The van der Waals surface area contributed by atoms with E-state index in [9.17, 15) is 0 Å². The molecule has 0 radical (unpaired) electrons. The molecule has 2 rings (SSSR count). The average Bonchev–Trinajstić information content (AvgIpc) is 2.57. The number of aryl methyl sites for hydroxylation is 1. The van der Waals surface area contributed by atoms with Gasteiger partial charge in [0.1, 0.15) is 30.5 Å². The van der Waals surface area contributed by atoms with Gasteiger partial charge in [-0.2, -0.15) is 0 Å². The Hall–Kier alpha value is -2.20. The number of hydrogen-bond donors (Lipinski definition) is 0. The van der Waals surface area contributed by atoms with Gasteiger partial charge in [-0.1, -0.05) is 18.2 Å². The average molecular weight is 316 g/mol. The third kappa shape index (κ3) is 6.20. The largest absolute Gasteiger partial charge is 0.494 e. The molecule has 0 saturated heterocycles. The van der Waals surface area contributed by atoms with Crippen LogP contribution in [0.25, 0.3) is 0 Å². The van der Waals surface area contributed by atoms with E-state index in [1.54, 1.807) is 0 Å². The van der Waals surface area contributed by atoms with Crippen molar-refractivity contribution in [3.8, 4) is 17.2 Å². The highest BCUT2D eigenvalue weighted by Gasteiger charge is 1.98. The van der Waals surface area contributed by atoms with Crippen LogP contribution in [0.3, 0.4) is 0 Å². The molecule has 0 fully saturated rings. The molecular formula is C19H24O4. The Morgan fingerprint density at radius 2 is 1.30 bits per heavy atom. The molecule has 124 valence electrons. The van der Waals surface area contributed by atoms with Gasteiger partial charge in [0.25, 0.3) is 0 Å². The molecule has 0 aliphatic carbocycles. The van der Waals surface area contributed by atoms with Gasteiger partial charge in [0, 0.05) is 0 Å². The van der Waals surface area contributed by atoms with Crippen LogP contribution in [0.2, 0.25) is 0 Å². The van der Waals surface area contributed by atoms with E-state index in [1.807, 2.05) is 62.4 Å². The Morgan fingerprint density at radius 3 is 1.96 bits per heavy atom. The van der Waals surface area contributed by atoms with Crippen LogP contribution in [0.15, 0.2) is 48.5 Å². The highest BCUT2D eigenvalue weighted by Crippen LogP contribution is 2.17. The summed E-state index contributed by atoms with van der Waals surface area (Å²) in [6.07, 6.45) is 0. The molecule has 0 aliphatic heterocycles. The summed E-state index contributed by atoms with van der Waals surface area (Å²) in [5.41, 5.74) is 1.13. The van der Waals surface area contributed by atoms with Crippen molar-refractivity contribution in [2.75, 3.05) is 33.0 Å². The Morgan fingerprint density at radius 1 is 0.696 bits per heavy atom. The molecular weight excluding hydrogens is 292 g/mol. The fourth-order valence-electron chi connectivity index (χ4n) is 2.05. The van der Waals surface area contributed by atoms with E-state index in [1.165, 1.54) is 0 Å². The van der Waals surface area contributed by atoms with Crippen LogP contribution in [0.1, 0.15) is 12.5 Å². The van der Waals surface area contributed by atoms with Gasteiger partial charge in [-0.15, -0.1) is 0 Å². The summed E-state index contributed by atoms with van der Waals surface area (Å²) in [4.78, 5) is 0. The SMILES string of the molecule is CCOc1ccc(OCCOCCOc2ccccc2C)cc1. The standard InChI is InChI=1S/C19H24O4/c1-3-21-17-8-10-18(11-9-17)22-14-12-20-13-15-23-19-7-5-4-6-16(19)2/h4-11H,3,12-15H2,1-2H3. The van der Waals surface area contributed by atoms with E-state index in [-0.39, 0.29) is 0 Å². The second-order valence-corrected chi connectivity index (χ2v) is 4.98. The summed E-state index contributed by atoms with van der Waals surface area (Å²) >= 11 is 0. The monoisotopic (exact) mass is 316 g/mol. The molecule has 0 atom stereocenters. The zero-order chi connectivity index (χ0) is 16.3. The number of para-hydroxylation sites is 1. The third-order valence-corrected chi connectivity index (χ3v) is 3.21. The third-order valence-electron chi connectivity index (χ3n) is 3.21. The molecule has 0 amide bonds. The molecule has 0 bridgehead atoms. The van der Waals surface area contributed by atoms with Crippen LogP contribution in [-0.2, 0) is 4.74 Å². The number of rotatable bonds is 10. The van der Waals surface area contributed by atoms with E-state index in [0.29, 0.717) is 33.0 Å². The molecule has 0 saturated carbocycles. The van der Waals surface area contributed by atoms with Gasteiger partial charge >= 0.3 is 0 Å². The van der Waals surface area contributed by atoms with Gasteiger partial charge in [-0.3, -0.25) is 0 Å². The predicted molar refractivity (Wildman–Crippen MR) is 90.6 cm³/mol. The normalized spacial score (nSPS) is 10.3. The quantitative estimate of drug-likeness (QED) is 0.624. The van der Waals surface area contributed by atoms with Crippen molar-refractivity contribution in [2.45, 2.75) is 13.8 Å². The summed E-state index contributed by atoms with van der Waals surface area (Å²) in [7, 11) is 0. The lowest BCUT2D eigenvalue weighted by molar-refractivity contribution is 0.0762. The number of ether oxygens (including phenoxy) is 4. The van der Waals surface area contributed by atoms with Gasteiger partial charge in [0.05, 0.1) is 19.8 Å². The van der Waals surface area contributed by atoms with E-state index in [2.05, 4.69) is 0 Å². The van der Waals surface area contributed by atoms with Crippen LogP contribution in [0.5, 0.6) is 17.2 Å². The van der Waals surface area contributed by atoms with Crippen LogP contribution < -0.4 is 14.2 Å². The molecule has 0 aromatic heterocycles. The molecule has 2 aromatic carbocycles. The molecule has 2 aromatic rings. The summed E-state index contributed by atoms with van der Waals surface area (Å²) in [5, 5.41) is 0. The van der Waals surface area contributed by atoms with Crippen molar-refractivity contribution in [3.63, 3.8) is 0 Å². The van der Waals surface area contributed by atoms with Crippen molar-refractivity contribution in [1.82, 2.24) is 0 Å². The predicted octanol–water partition coefficient (Wildman–Crippen LogP) is 3.87. The Bertz CT molecular complexity index is 566. The summed E-state index contributed by atoms with van der Waals surface area (Å²) in [6.45, 7) is 6.78. The molecule has 0 heterocycles. The van der Waals surface area contributed by atoms with Crippen LogP contribution in [-0.4, -0.2) is 33.0 Å². The van der Waals surface area contributed by atoms with E-state index < -0.39 is 0 Å². The molecule has 0 aliphatic rings. The first-order valence-corrected chi connectivity index (χ1v) is 7.91. The van der Waals surface area contributed by atoms with Gasteiger partial charge in [0.15, 0.2) is 0 Å². The molecule has 0 spiro atoms. The lowest BCUT2D eigenvalue weighted by atomic mass is 10.2. The van der Waals surface area contributed by atoms with Crippen LogP contribution in [0.4, 0.5) is 0 Å². The molecule has 0 N–H and O–H groups in total. The Balaban J connectivity index is 1.55. The van der Waals surface area contributed by atoms with Crippen molar-refractivity contribution in [3.05, 3.63) is 54.1 Å². The maximum Gasteiger partial charge on any atom is 0.122 e. The van der Waals surface area contributed by atoms with E-state index >= 15 is 0 Å². The fourth-order valence-corrected chi connectivity index (χ4v) is 2.05. The van der Waals surface area contributed by atoms with Gasteiger partial charge in [-0.25, -0.2) is 0 Å². The highest BCUT2D eigenvalue weighted by atomic mass is 16.5. The van der Waals surface area contributed by atoms with Crippen molar-refractivity contribution in [1.29, 1.82) is 0 Å². The molecule has 4 heteroatoms. The molecule has 23 heavy (non-hydrogen) atoms. The van der Waals surface area contributed by atoms with Gasteiger partial charge in [0.2, 0.25) is 0 Å². The summed E-state index contributed by atoms with van der Waals surface area (Å²) < 4.78 is 22.1. The lowest BCUT2D eigenvalue weighted by Gasteiger charge is -2.10.